The molecular formula is C16H22N6O2S. The highest BCUT2D eigenvalue weighted by molar-refractivity contribution is 7.99. The molecule has 0 atom stereocenters. The Bertz CT molecular complexity index is 860. The van der Waals surface area contributed by atoms with Crippen molar-refractivity contribution in [3.63, 3.8) is 0 Å². The average molecular weight is 362 g/mol. The predicted octanol–water partition coefficient (Wildman–Crippen LogP) is 1.86. The number of urea groups is 1. The second-order valence-electron chi connectivity index (χ2n) is 6.73. The van der Waals surface area contributed by atoms with Crippen LogP contribution >= 0.6 is 11.8 Å². The number of carbonyl (C=O) groups is 2. The third-order valence-corrected chi connectivity index (χ3v) is 5.37. The summed E-state index contributed by atoms with van der Waals surface area (Å²) in [5.74, 6) is 1.13. The molecule has 0 radical (unpaired) electrons. The zero-order valence-electron chi connectivity index (χ0n) is 15.1. The van der Waals surface area contributed by atoms with Crippen molar-refractivity contribution in [2.75, 3.05) is 12.3 Å². The molecule has 9 heteroatoms. The lowest BCUT2D eigenvalue weighted by Crippen LogP contribution is -2.40. The molecule has 25 heavy (non-hydrogen) atoms. The van der Waals surface area contributed by atoms with Gasteiger partial charge in [-0.05, 0) is 46.6 Å². The number of nitrogens with zero attached hydrogens (tertiary/aromatic N) is 5. The molecule has 134 valence electrons. The molecule has 0 aromatic carbocycles. The van der Waals surface area contributed by atoms with Gasteiger partial charge in [0, 0.05) is 23.7 Å². The molecule has 1 N–H and O–H groups in total. The van der Waals surface area contributed by atoms with Crippen molar-refractivity contribution in [1.82, 2.24) is 29.8 Å². The van der Waals surface area contributed by atoms with E-state index in [9.17, 15) is 9.59 Å². The van der Waals surface area contributed by atoms with Gasteiger partial charge in [-0.2, -0.15) is 4.98 Å². The number of carbonyl (C=O) groups excluding carboxylic acids is 2. The fourth-order valence-electron chi connectivity index (χ4n) is 2.71. The fourth-order valence-corrected chi connectivity index (χ4v) is 3.45. The van der Waals surface area contributed by atoms with Gasteiger partial charge in [-0.3, -0.25) is 9.69 Å². The quantitative estimate of drug-likeness (QED) is 0.496. The number of fused-ring (bicyclic) bond motifs is 1. The maximum absolute atomic E-state index is 12.1. The number of aryl methyl sites for hydroxylation is 2. The minimum atomic E-state index is -0.813. The van der Waals surface area contributed by atoms with Crippen LogP contribution in [0.25, 0.3) is 5.78 Å². The number of rotatable bonds is 5. The Morgan fingerprint density at radius 1 is 1.16 bits per heavy atom. The van der Waals surface area contributed by atoms with Crippen molar-refractivity contribution in [2.45, 2.75) is 51.7 Å². The largest absolute Gasteiger partial charge is 0.325 e. The Morgan fingerprint density at radius 3 is 2.52 bits per heavy atom. The topological polar surface area (TPSA) is 92.5 Å². The molecule has 1 fully saturated rings. The third kappa shape index (κ3) is 3.20. The standard InChI is InChI=1S/C16H22N6O2S/c1-9-10(2)17-13-18-14(20-22(13)11(9)3)25-8-6-7-21-12(23)16(4,5)19-15(21)24/h6-8H2,1-5H3,(H,19,24). The molecular weight excluding hydrogens is 340 g/mol. The Balaban J connectivity index is 1.60. The zero-order chi connectivity index (χ0) is 18.4. The van der Waals surface area contributed by atoms with E-state index in [0.717, 1.165) is 17.0 Å². The van der Waals surface area contributed by atoms with Crippen LogP contribution in [0.1, 0.15) is 37.2 Å². The van der Waals surface area contributed by atoms with Gasteiger partial charge in [0.2, 0.25) is 5.16 Å². The van der Waals surface area contributed by atoms with Crippen molar-refractivity contribution >= 4 is 29.5 Å². The van der Waals surface area contributed by atoms with Crippen LogP contribution in [0, 0.1) is 20.8 Å². The number of amides is 3. The summed E-state index contributed by atoms with van der Waals surface area (Å²) in [7, 11) is 0. The number of hydrogen-bond acceptors (Lipinski definition) is 6. The van der Waals surface area contributed by atoms with Gasteiger partial charge in [-0.25, -0.2) is 14.3 Å². The zero-order valence-corrected chi connectivity index (χ0v) is 15.9. The molecule has 0 unspecified atom stereocenters. The van der Waals surface area contributed by atoms with E-state index in [4.69, 9.17) is 0 Å². The molecule has 2 aromatic rings. The minimum Gasteiger partial charge on any atom is -0.324 e. The number of nitrogens with one attached hydrogen (secondary N) is 1. The summed E-state index contributed by atoms with van der Waals surface area (Å²) in [5.41, 5.74) is 2.28. The Kier molecular flexibility index (Phi) is 4.44. The van der Waals surface area contributed by atoms with Crippen molar-refractivity contribution in [3.8, 4) is 0 Å². The summed E-state index contributed by atoms with van der Waals surface area (Å²) in [5, 5.41) is 7.81. The Labute approximate surface area is 150 Å². The highest BCUT2D eigenvalue weighted by Crippen LogP contribution is 2.20. The van der Waals surface area contributed by atoms with Crippen LogP contribution in [0.4, 0.5) is 4.79 Å². The Hall–Kier alpha value is -2.16. The second kappa shape index (κ2) is 6.29. The lowest BCUT2D eigenvalue weighted by atomic mass is 10.1. The molecule has 1 saturated heterocycles. The molecule has 3 rings (SSSR count). The van der Waals surface area contributed by atoms with Crippen LogP contribution < -0.4 is 5.32 Å². The number of aromatic nitrogens is 4. The van der Waals surface area contributed by atoms with Crippen LogP contribution in [0.5, 0.6) is 0 Å². The van der Waals surface area contributed by atoms with E-state index in [1.54, 1.807) is 18.4 Å². The molecule has 3 amide bonds. The van der Waals surface area contributed by atoms with Crippen molar-refractivity contribution < 1.29 is 9.59 Å². The van der Waals surface area contributed by atoms with Crippen LogP contribution in [-0.2, 0) is 4.79 Å². The summed E-state index contributed by atoms with van der Waals surface area (Å²) < 4.78 is 1.75. The predicted molar refractivity (Wildman–Crippen MR) is 94.7 cm³/mol. The smallest absolute Gasteiger partial charge is 0.324 e. The maximum Gasteiger partial charge on any atom is 0.325 e. The van der Waals surface area contributed by atoms with E-state index >= 15 is 0 Å². The lowest BCUT2D eigenvalue weighted by molar-refractivity contribution is -0.130. The summed E-state index contributed by atoms with van der Waals surface area (Å²) in [6.45, 7) is 9.79. The molecule has 2 aromatic heterocycles. The van der Waals surface area contributed by atoms with E-state index in [1.807, 2.05) is 20.8 Å². The van der Waals surface area contributed by atoms with Crippen molar-refractivity contribution in [1.29, 1.82) is 0 Å². The number of hydrogen-bond donors (Lipinski definition) is 1. The van der Waals surface area contributed by atoms with Gasteiger partial charge in [0.05, 0.1) is 0 Å². The number of imide groups is 1. The average Bonchev–Trinajstić information content (AvgIpc) is 3.02. The van der Waals surface area contributed by atoms with Gasteiger partial charge in [0.15, 0.2) is 0 Å². The summed E-state index contributed by atoms with van der Waals surface area (Å²) in [6.07, 6.45) is 0.680. The summed E-state index contributed by atoms with van der Waals surface area (Å²) >= 11 is 1.50. The van der Waals surface area contributed by atoms with Gasteiger partial charge in [-0.1, -0.05) is 11.8 Å². The van der Waals surface area contributed by atoms with Crippen LogP contribution in [0.3, 0.4) is 0 Å². The molecule has 0 bridgehead atoms. The highest BCUT2D eigenvalue weighted by Gasteiger charge is 2.43. The first-order valence-electron chi connectivity index (χ1n) is 8.18. The molecule has 0 aliphatic carbocycles. The van der Waals surface area contributed by atoms with Gasteiger partial charge in [-0.15, -0.1) is 5.10 Å². The first-order chi connectivity index (χ1) is 11.7. The molecule has 8 nitrogen and oxygen atoms in total. The molecule has 1 aliphatic rings. The molecule has 1 aliphatic heterocycles. The number of thioether (sulfide) groups is 1. The van der Waals surface area contributed by atoms with Crippen LogP contribution in [-0.4, -0.2) is 54.3 Å². The maximum atomic E-state index is 12.1. The first-order valence-corrected chi connectivity index (χ1v) is 9.17. The second-order valence-corrected chi connectivity index (χ2v) is 7.79. The van der Waals surface area contributed by atoms with E-state index < -0.39 is 5.54 Å². The van der Waals surface area contributed by atoms with Crippen molar-refractivity contribution in [2.24, 2.45) is 0 Å². The lowest BCUT2D eigenvalue weighted by Gasteiger charge is -2.15. The minimum absolute atomic E-state index is 0.181. The van der Waals surface area contributed by atoms with Crippen LogP contribution in [0.2, 0.25) is 0 Å². The van der Waals surface area contributed by atoms with Gasteiger partial charge >= 0.3 is 6.03 Å². The SMILES string of the molecule is Cc1nc2nc(SCCCN3C(=O)NC(C)(C)C3=O)nn2c(C)c1C. The molecule has 0 spiro atoms. The van der Waals surface area contributed by atoms with Gasteiger partial charge < -0.3 is 5.32 Å². The summed E-state index contributed by atoms with van der Waals surface area (Å²) in [6, 6.07) is -0.323. The highest BCUT2D eigenvalue weighted by atomic mass is 32.2. The fraction of sp³-hybridized carbons (Fsp3) is 0.562. The van der Waals surface area contributed by atoms with E-state index in [-0.39, 0.29) is 11.9 Å². The van der Waals surface area contributed by atoms with E-state index in [2.05, 4.69) is 20.4 Å². The summed E-state index contributed by atoms with van der Waals surface area (Å²) in [4.78, 5) is 34.1. The van der Waals surface area contributed by atoms with Crippen molar-refractivity contribution in [3.05, 3.63) is 17.0 Å². The monoisotopic (exact) mass is 362 g/mol. The van der Waals surface area contributed by atoms with Crippen LogP contribution in [0.15, 0.2) is 5.16 Å². The first kappa shape index (κ1) is 17.7. The van der Waals surface area contributed by atoms with E-state index in [1.165, 1.54) is 16.7 Å². The van der Waals surface area contributed by atoms with E-state index in [0.29, 0.717) is 29.7 Å². The Morgan fingerprint density at radius 2 is 1.88 bits per heavy atom. The van der Waals surface area contributed by atoms with Gasteiger partial charge in [0.25, 0.3) is 11.7 Å². The third-order valence-electron chi connectivity index (χ3n) is 4.44. The normalized spacial score (nSPS) is 16.8. The molecule has 0 saturated carbocycles. The molecule has 3 heterocycles. The van der Waals surface area contributed by atoms with Gasteiger partial charge in [0.1, 0.15) is 5.54 Å².